The lowest BCUT2D eigenvalue weighted by molar-refractivity contribution is -0.130. The van der Waals surface area contributed by atoms with Gasteiger partial charge in [-0.15, -0.1) is 19.0 Å². The minimum atomic E-state index is -3.76. The highest BCUT2D eigenvalue weighted by molar-refractivity contribution is 7.91. The van der Waals surface area contributed by atoms with Crippen LogP contribution in [0.5, 0.6) is 0 Å². The molecule has 2 saturated carbocycles. The molecular weight excluding hydrogens is 515 g/mol. The normalized spacial score (nSPS) is 28.5. The molecule has 0 unspecified atom stereocenters. The Morgan fingerprint density at radius 2 is 2.00 bits per heavy atom. The van der Waals surface area contributed by atoms with E-state index in [1.165, 1.54) is 17.0 Å². The van der Waals surface area contributed by atoms with Crippen molar-refractivity contribution in [1.29, 1.82) is 0 Å². The van der Waals surface area contributed by atoms with Crippen LogP contribution in [0.3, 0.4) is 0 Å². The Morgan fingerprint density at radius 1 is 1.25 bits per heavy atom. The number of halogens is 2. The number of fused-ring (bicyclic) bond motifs is 1. The van der Waals surface area contributed by atoms with E-state index >= 15 is 0 Å². The number of carbonyl (C=O) groups is 3. The fraction of sp³-hybridized carbons (Fsp3) is 0.522. The monoisotopic (exact) mass is 542 g/mol. The van der Waals surface area contributed by atoms with Crippen molar-refractivity contribution in [3.05, 3.63) is 47.8 Å². The van der Waals surface area contributed by atoms with Crippen molar-refractivity contribution in [2.24, 2.45) is 5.92 Å². The molecule has 1 saturated heterocycles. The third-order valence-electron chi connectivity index (χ3n) is 7.11. The Balaban J connectivity index is 0.00000304. The molecule has 2 heterocycles. The number of hydrogen-bond acceptors (Lipinski definition) is 7. The minimum absolute atomic E-state index is 0. The van der Waals surface area contributed by atoms with Crippen LogP contribution < -0.4 is 15.4 Å². The number of carbonyl (C=O) groups excluding carboxylic acids is 3. The molecule has 0 radical (unpaired) electrons. The molecule has 4 atom stereocenters. The summed E-state index contributed by atoms with van der Waals surface area (Å²) in [6, 6.07) is 3.98. The molecule has 1 aromatic carbocycles. The lowest BCUT2D eigenvalue weighted by atomic mass is 10.1. The van der Waals surface area contributed by atoms with E-state index in [0.717, 1.165) is 5.56 Å². The molecule has 0 spiro atoms. The van der Waals surface area contributed by atoms with Gasteiger partial charge in [0.2, 0.25) is 15.9 Å². The van der Waals surface area contributed by atoms with Crippen molar-refractivity contribution in [2.75, 3.05) is 6.54 Å². The predicted molar refractivity (Wildman–Crippen MR) is 129 cm³/mol. The Morgan fingerprint density at radius 3 is 2.64 bits per heavy atom. The molecule has 0 aromatic heterocycles. The quantitative estimate of drug-likeness (QED) is 0.439. The number of hydrogen-bond donors (Lipinski definition) is 3. The van der Waals surface area contributed by atoms with Crippen LogP contribution in [0.25, 0.3) is 0 Å². The van der Waals surface area contributed by atoms with E-state index in [2.05, 4.69) is 21.9 Å². The maximum atomic E-state index is 14.0. The molecule has 2 aliphatic heterocycles. The zero-order chi connectivity index (χ0) is 25.0. The van der Waals surface area contributed by atoms with Gasteiger partial charge in [0.15, 0.2) is 0 Å². The van der Waals surface area contributed by atoms with E-state index in [1.54, 1.807) is 12.1 Å². The Kier molecular flexibility index (Phi) is 7.06. The molecule has 13 heteroatoms. The van der Waals surface area contributed by atoms with Crippen LogP contribution in [0.15, 0.2) is 30.9 Å². The Labute approximate surface area is 214 Å². The van der Waals surface area contributed by atoms with Crippen LogP contribution >= 0.6 is 12.4 Å². The van der Waals surface area contributed by atoms with Crippen molar-refractivity contribution in [1.82, 2.24) is 20.3 Å². The number of nitrogens with zero attached hydrogens (tertiary/aromatic N) is 1. The van der Waals surface area contributed by atoms with Gasteiger partial charge >= 0.3 is 6.09 Å². The summed E-state index contributed by atoms with van der Waals surface area (Å²) in [5, 5.41) is 5.12. The van der Waals surface area contributed by atoms with Crippen molar-refractivity contribution in [3.63, 3.8) is 0 Å². The van der Waals surface area contributed by atoms with E-state index in [4.69, 9.17) is 4.74 Å². The fourth-order valence-electron chi connectivity index (χ4n) is 4.74. The summed E-state index contributed by atoms with van der Waals surface area (Å²) in [5.41, 5.74) is -0.153. The number of rotatable bonds is 7. The lowest BCUT2D eigenvalue weighted by Crippen LogP contribution is -2.55. The van der Waals surface area contributed by atoms with Gasteiger partial charge in [-0.2, -0.15) is 0 Å². The molecule has 196 valence electrons. The van der Waals surface area contributed by atoms with Gasteiger partial charge in [0.25, 0.3) is 5.91 Å². The van der Waals surface area contributed by atoms with Crippen molar-refractivity contribution in [2.45, 2.75) is 61.7 Å². The van der Waals surface area contributed by atoms with Gasteiger partial charge in [0.05, 0.1) is 17.8 Å². The number of amides is 3. The smallest absolute Gasteiger partial charge is 0.410 e. The van der Waals surface area contributed by atoms with Gasteiger partial charge in [-0.1, -0.05) is 18.2 Å². The van der Waals surface area contributed by atoms with E-state index in [9.17, 15) is 27.2 Å². The van der Waals surface area contributed by atoms with Crippen molar-refractivity contribution < 1.29 is 31.9 Å². The summed E-state index contributed by atoms with van der Waals surface area (Å²) in [6.45, 7) is 4.28. The number of nitrogens with one attached hydrogen (secondary N) is 3. The number of ether oxygens (including phenoxy) is 1. The molecule has 4 aliphatic rings. The molecule has 3 fully saturated rings. The second-order valence-corrected chi connectivity index (χ2v) is 11.6. The Bertz CT molecular complexity index is 1210. The average Bonchev–Trinajstić information content (AvgIpc) is 3.69. The summed E-state index contributed by atoms with van der Waals surface area (Å²) in [7, 11) is -3.76. The lowest BCUT2D eigenvalue weighted by Gasteiger charge is -2.21. The highest BCUT2D eigenvalue weighted by Gasteiger charge is 2.61. The first kappa shape index (κ1) is 26.4. The van der Waals surface area contributed by atoms with Gasteiger partial charge < -0.3 is 15.4 Å². The zero-order valence-electron chi connectivity index (χ0n) is 19.4. The maximum Gasteiger partial charge on any atom is 0.410 e. The summed E-state index contributed by atoms with van der Waals surface area (Å²) >= 11 is 0. The molecule has 36 heavy (non-hydrogen) atoms. The fourth-order valence-corrected chi connectivity index (χ4v) is 6.11. The van der Waals surface area contributed by atoms with Crippen LogP contribution in [0.4, 0.5) is 9.18 Å². The average molecular weight is 543 g/mol. The predicted octanol–water partition coefficient (Wildman–Crippen LogP) is 1.10. The van der Waals surface area contributed by atoms with Crippen LogP contribution in [0, 0.1) is 11.7 Å². The first-order chi connectivity index (χ1) is 16.6. The third-order valence-corrected chi connectivity index (χ3v) is 8.93. The largest absolute Gasteiger partial charge is 0.445 e. The molecule has 5 rings (SSSR count). The number of sulfonamides is 1. The van der Waals surface area contributed by atoms with Gasteiger partial charge in [-0.25, -0.2) is 17.6 Å². The third kappa shape index (κ3) is 4.94. The van der Waals surface area contributed by atoms with Crippen LogP contribution in [-0.2, 0) is 37.4 Å². The van der Waals surface area contributed by atoms with Crippen LogP contribution in [0.2, 0.25) is 0 Å². The topological polar surface area (TPSA) is 134 Å². The molecule has 3 amide bonds. The summed E-state index contributed by atoms with van der Waals surface area (Å²) in [4.78, 5) is 39.7. The summed E-state index contributed by atoms with van der Waals surface area (Å²) in [6.07, 6.45) is 1.81. The van der Waals surface area contributed by atoms with Crippen molar-refractivity contribution in [3.8, 4) is 0 Å². The highest BCUT2D eigenvalue weighted by Crippen LogP contribution is 2.45. The van der Waals surface area contributed by atoms with E-state index in [-0.39, 0.29) is 56.6 Å². The van der Waals surface area contributed by atoms with Crippen LogP contribution in [-0.4, -0.2) is 60.7 Å². The summed E-state index contributed by atoms with van der Waals surface area (Å²) in [5.74, 6) is -1.99. The second kappa shape index (κ2) is 9.64. The standard InChI is InChI=1S/C23H27FN4O6S.ClH/c1-2-14-9-23(14,21(30)27-35(32,33)16-6-7-16)26-20(29)19-8-15(10-25-19)34-22(31)28-11-13-4-3-5-18(24)17(13)12-28;/h2-5,14-16,19,25H,1,6-12H2,(H,26,29)(H,27,30);1H/t14-,15-,19+,23-;/m1./s1. The number of benzene rings is 1. The molecular formula is C23H28ClFN4O6S. The molecule has 1 aromatic rings. The van der Waals surface area contributed by atoms with E-state index < -0.39 is 50.9 Å². The van der Waals surface area contributed by atoms with Crippen LogP contribution in [0.1, 0.15) is 36.8 Å². The van der Waals surface area contributed by atoms with Crippen molar-refractivity contribution >= 4 is 40.3 Å². The van der Waals surface area contributed by atoms with Gasteiger partial charge in [0.1, 0.15) is 17.5 Å². The van der Waals surface area contributed by atoms with E-state index in [1.807, 2.05) is 0 Å². The molecule has 0 bridgehead atoms. The SMILES string of the molecule is C=C[C@@H]1C[C@]1(NC(=O)[C@@H]1C[C@@H](OC(=O)N2Cc3cccc(F)c3C2)CN1)C(=O)NS(=O)(=O)C1CC1.Cl. The highest BCUT2D eigenvalue weighted by atomic mass is 35.5. The minimum Gasteiger partial charge on any atom is -0.445 e. The first-order valence-corrected chi connectivity index (χ1v) is 13.1. The molecule has 3 N–H and O–H groups in total. The maximum absolute atomic E-state index is 14.0. The first-order valence-electron chi connectivity index (χ1n) is 11.6. The molecule has 10 nitrogen and oxygen atoms in total. The second-order valence-electron chi connectivity index (χ2n) is 9.62. The summed E-state index contributed by atoms with van der Waals surface area (Å²) < 4.78 is 46.0. The molecule has 2 aliphatic carbocycles. The Hall–Kier alpha value is -2.70. The van der Waals surface area contributed by atoms with E-state index in [0.29, 0.717) is 18.4 Å². The van der Waals surface area contributed by atoms with Gasteiger partial charge in [0, 0.05) is 31.0 Å². The van der Waals surface area contributed by atoms with Gasteiger partial charge in [-0.05, 0) is 30.9 Å². The van der Waals surface area contributed by atoms with Gasteiger partial charge in [-0.3, -0.25) is 19.2 Å². The zero-order valence-corrected chi connectivity index (χ0v) is 21.0.